The molecule has 0 aliphatic heterocycles. The average molecular weight is 320 g/mol. The predicted molar refractivity (Wildman–Crippen MR) is 87.2 cm³/mol. The maximum absolute atomic E-state index is 12.3. The van der Waals surface area contributed by atoms with Crippen molar-refractivity contribution < 1.29 is 14.4 Å². The SMILES string of the molecule is CC(=O)N[C@@H](CCCN)C(=O)N[C@@H](Cc1ccccc1)C(N)=O. The van der Waals surface area contributed by atoms with E-state index in [4.69, 9.17) is 11.5 Å². The summed E-state index contributed by atoms with van der Waals surface area (Å²) < 4.78 is 0. The van der Waals surface area contributed by atoms with E-state index in [1.165, 1.54) is 6.92 Å². The van der Waals surface area contributed by atoms with Gasteiger partial charge in [0, 0.05) is 13.3 Å². The van der Waals surface area contributed by atoms with E-state index in [0.29, 0.717) is 25.8 Å². The summed E-state index contributed by atoms with van der Waals surface area (Å²) in [5.41, 5.74) is 11.7. The van der Waals surface area contributed by atoms with Gasteiger partial charge in [0.1, 0.15) is 12.1 Å². The highest BCUT2D eigenvalue weighted by Gasteiger charge is 2.24. The summed E-state index contributed by atoms with van der Waals surface area (Å²) in [6.07, 6.45) is 1.28. The molecule has 0 spiro atoms. The first-order valence-corrected chi connectivity index (χ1v) is 7.54. The van der Waals surface area contributed by atoms with Crippen LogP contribution in [-0.4, -0.2) is 36.3 Å². The number of rotatable bonds is 9. The summed E-state index contributed by atoms with van der Waals surface area (Å²) in [6.45, 7) is 1.74. The second kappa shape index (κ2) is 9.58. The summed E-state index contributed by atoms with van der Waals surface area (Å²) in [5.74, 6) is -1.38. The highest BCUT2D eigenvalue weighted by atomic mass is 16.2. The van der Waals surface area contributed by atoms with Crippen molar-refractivity contribution in [3.63, 3.8) is 0 Å². The Labute approximate surface area is 135 Å². The van der Waals surface area contributed by atoms with E-state index in [-0.39, 0.29) is 5.91 Å². The van der Waals surface area contributed by atoms with Gasteiger partial charge >= 0.3 is 0 Å². The van der Waals surface area contributed by atoms with Crippen LogP contribution in [-0.2, 0) is 20.8 Å². The quantitative estimate of drug-likeness (QED) is 0.486. The number of amides is 3. The van der Waals surface area contributed by atoms with E-state index in [0.717, 1.165) is 5.56 Å². The van der Waals surface area contributed by atoms with E-state index in [2.05, 4.69) is 10.6 Å². The van der Waals surface area contributed by atoms with Crippen LogP contribution in [0, 0.1) is 0 Å². The van der Waals surface area contributed by atoms with Gasteiger partial charge in [-0.1, -0.05) is 30.3 Å². The number of hydrogen-bond acceptors (Lipinski definition) is 4. The number of nitrogens with two attached hydrogens (primary N) is 2. The van der Waals surface area contributed by atoms with Gasteiger partial charge in [0.2, 0.25) is 17.7 Å². The minimum atomic E-state index is -0.834. The molecule has 0 saturated heterocycles. The van der Waals surface area contributed by atoms with E-state index in [9.17, 15) is 14.4 Å². The molecular weight excluding hydrogens is 296 g/mol. The van der Waals surface area contributed by atoms with Gasteiger partial charge < -0.3 is 22.1 Å². The Morgan fingerprint density at radius 2 is 1.74 bits per heavy atom. The van der Waals surface area contributed by atoms with Crippen molar-refractivity contribution in [3.05, 3.63) is 35.9 Å². The van der Waals surface area contributed by atoms with Crippen molar-refractivity contribution >= 4 is 17.7 Å². The van der Waals surface area contributed by atoms with Gasteiger partial charge in [-0.05, 0) is 24.9 Å². The molecule has 0 heterocycles. The zero-order chi connectivity index (χ0) is 17.2. The van der Waals surface area contributed by atoms with Crippen molar-refractivity contribution in [1.29, 1.82) is 0 Å². The van der Waals surface area contributed by atoms with Crippen LogP contribution in [0.4, 0.5) is 0 Å². The topological polar surface area (TPSA) is 127 Å². The van der Waals surface area contributed by atoms with Gasteiger partial charge in [-0.15, -0.1) is 0 Å². The molecule has 0 aliphatic rings. The standard InChI is InChI=1S/C16H24N4O3/c1-11(21)19-13(8-5-9-17)16(23)20-14(15(18)22)10-12-6-3-2-4-7-12/h2-4,6-7,13-14H,5,8-10,17H2,1H3,(H2,18,22)(H,19,21)(H,20,23)/t13-,14-/m0/s1. The molecule has 0 aromatic heterocycles. The molecule has 1 aromatic rings. The van der Waals surface area contributed by atoms with Crippen molar-refractivity contribution in [1.82, 2.24) is 10.6 Å². The molecule has 0 bridgehead atoms. The van der Waals surface area contributed by atoms with Crippen LogP contribution < -0.4 is 22.1 Å². The fourth-order valence-corrected chi connectivity index (χ4v) is 2.18. The third-order valence-corrected chi connectivity index (χ3v) is 3.33. The molecule has 0 unspecified atom stereocenters. The van der Waals surface area contributed by atoms with Gasteiger partial charge in [-0.3, -0.25) is 14.4 Å². The Kier molecular flexibility index (Phi) is 7.76. The molecule has 0 fully saturated rings. The van der Waals surface area contributed by atoms with Gasteiger partial charge in [0.15, 0.2) is 0 Å². The van der Waals surface area contributed by atoms with Crippen LogP contribution in [0.25, 0.3) is 0 Å². The first-order chi connectivity index (χ1) is 10.9. The van der Waals surface area contributed by atoms with Gasteiger partial charge in [0.25, 0.3) is 0 Å². The van der Waals surface area contributed by atoms with Crippen LogP contribution in [0.5, 0.6) is 0 Å². The molecule has 0 saturated carbocycles. The molecule has 7 heteroatoms. The van der Waals surface area contributed by atoms with Crippen LogP contribution in [0.15, 0.2) is 30.3 Å². The summed E-state index contributed by atoms with van der Waals surface area (Å²) in [6, 6.07) is 7.69. The summed E-state index contributed by atoms with van der Waals surface area (Å²) in [4.78, 5) is 35.1. The second-order valence-electron chi connectivity index (χ2n) is 5.34. The Balaban J connectivity index is 2.74. The minimum absolute atomic E-state index is 0.297. The molecule has 1 rings (SSSR count). The van der Waals surface area contributed by atoms with Gasteiger partial charge in [-0.2, -0.15) is 0 Å². The number of carbonyl (C=O) groups is 3. The molecule has 6 N–H and O–H groups in total. The Hall–Kier alpha value is -2.41. The monoisotopic (exact) mass is 320 g/mol. The predicted octanol–water partition coefficient (Wildman–Crippen LogP) is -0.557. The van der Waals surface area contributed by atoms with Gasteiger partial charge in [-0.25, -0.2) is 0 Å². The number of primary amides is 1. The molecule has 0 radical (unpaired) electrons. The molecule has 7 nitrogen and oxygen atoms in total. The molecule has 0 aliphatic carbocycles. The first kappa shape index (κ1) is 18.6. The van der Waals surface area contributed by atoms with Crippen molar-refractivity contribution in [2.45, 2.75) is 38.3 Å². The second-order valence-corrected chi connectivity index (χ2v) is 5.34. The van der Waals surface area contributed by atoms with E-state index in [1.807, 2.05) is 30.3 Å². The lowest BCUT2D eigenvalue weighted by Gasteiger charge is -2.21. The smallest absolute Gasteiger partial charge is 0.243 e. The third-order valence-electron chi connectivity index (χ3n) is 3.33. The molecule has 2 atom stereocenters. The highest BCUT2D eigenvalue weighted by molar-refractivity contribution is 5.91. The maximum atomic E-state index is 12.3. The van der Waals surface area contributed by atoms with Crippen LogP contribution in [0.2, 0.25) is 0 Å². The Bertz CT molecular complexity index is 533. The third kappa shape index (κ3) is 6.92. The number of hydrogen-bond donors (Lipinski definition) is 4. The normalized spacial score (nSPS) is 13.0. The van der Waals surface area contributed by atoms with Crippen molar-refractivity contribution in [2.24, 2.45) is 11.5 Å². The minimum Gasteiger partial charge on any atom is -0.368 e. The molecule has 126 valence electrons. The van der Waals surface area contributed by atoms with E-state index >= 15 is 0 Å². The number of nitrogens with one attached hydrogen (secondary N) is 2. The first-order valence-electron chi connectivity index (χ1n) is 7.54. The van der Waals surface area contributed by atoms with Gasteiger partial charge in [0.05, 0.1) is 0 Å². The Morgan fingerprint density at radius 1 is 1.09 bits per heavy atom. The molecular formula is C16H24N4O3. The number of carbonyl (C=O) groups excluding carboxylic acids is 3. The lowest BCUT2D eigenvalue weighted by atomic mass is 10.0. The van der Waals surface area contributed by atoms with Crippen molar-refractivity contribution in [3.8, 4) is 0 Å². The fourth-order valence-electron chi connectivity index (χ4n) is 2.18. The highest BCUT2D eigenvalue weighted by Crippen LogP contribution is 2.04. The molecule has 1 aromatic carbocycles. The maximum Gasteiger partial charge on any atom is 0.243 e. The summed E-state index contributed by atoms with van der Waals surface area (Å²) in [5, 5.41) is 5.17. The van der Waals surface area contributed by atoms with E-state index in [1.54, 1.807) is 0 Å². The van der Waals surface area contributed by atoms with Crippen LogP contribution in [0.3, 0.4) is 0 Å². The van der Waals surface area contributed by atoms with Crippen LogP contribution >= 0.6 is 0 Å². The summed E-state index contributed by atoms with van der Waals surface area (Å²) >= 11 is 0. The number of benzene rings is 1. The van der Waals surface area contributed by atoms with E-state index < -0.39 is 23.9 Å². The molecule has 23 heavy (non-hydrogen) atoms. The van der Waals surface area contributed by atoms with Crippen molar-refractivity contribution in [2.75, 3.05) is 6.54 Å². The zero-order valence-electron chi connectivity index (χ0n) is 13.2. The fraction of sp³-hybridized carbons (Fsp3) is 0.438. The lowest BCUT2D eigenvalue weighted by molar-refractivity contribution is -0.131. The largest absolute Gasteiger partial charge is 0.368 e. The zero-order valence-corrected chi connectivity index (χ0v) is 13.2. The lowest BCUT2D eigenvalue weighted by Crippen LogP contribution is -2.53. The Morgan fingerprint density at radius 3 is 2.26 bits per heavy atom. The van der Waals surface area contributed by atoms with Crippen LogP contribution in [0.1, 0.15) is 25.3 Å². The molecule has 3 amide bonds. The summed E-state index contributed by atoms with van der Waals surface area (Å²) in [7, 11) is 0. The average Bonchev–Trinajstić information content (AvgIpc) is 2.51.